The van der Waals surface area contributed by atoms with Crippen molar-refractivity contribution in [3.8, 4) is 5.75 Å². The molecule has 1 aromatic carbocycles. The monoisotopic (exact) mass is 273 g/mol. The molecule has 0 bridgehead atoms. The van der Waals surface area contributed by atoms with Gasteiger partial charge in [-0.15, -0.1) is 0 Å². The lowest BCUT2D eigenvalue weighted by atomic mass is 9.98. The number of carbonyl (C=O) groups is 1. The van der Waals surface area contributed by atoms with Crippen LogP contribution in [-0.2, 0) is 22.5 Å². The molecule has 3 rings (SSSR count). The highest BCUT2D eigenvalue weighted by atomic mass is 16.5. The summed E-state index contributed by atoms with van der Waals surface area (Å²) in [7, 11) is 1.66. The molecule has 0 radical (unpaired) electrons. The van der Waals surface area contributed by atoms with Crippen LogP contribution in [0.5, 0.6) is 5.75 Å². The van der Waals surface area contributed by atoms with Crippen molar-refractivity contribution in [1.29, 1.82) is 0 Å². The third-order valence-corrected chi connectivity index (χ3v) is 3.90. The second-order valence-corrected chi connectivity index (χ2v) is 5.18. The van der Waals surface area contributed by atoms with E-state index in [4.69, 9.17) is 9.47 Å². The zero-order chi connectivity index (χ0) is 13.9. The van der Waals surface area contributed by atoms with Crippen molar-refractivity contribution in [2.75, 3.05) is 26.9 Å². The van der Waals surface area contributed by atoms with Gasteiger partial charge in [0.05, 0.1) is 20.3 Å². The Bertz CT molecular complexity index is 551. The van der Waals surface area contributed by atoms with E-state index >= 15 is 0 Å². The maximum atomic E-state index is 12.5. The molecular formula is C16H19NO3. The van der Waals surface area contributed by atoms with Crippen LogP contribution in [0.4, 0.5) is 0 Å². The molecule has 1 aromatic rings. The number of fused-ring (bicyclic) bond motifs is 1. The summed E-state index contributed by atoms with van der Waals surface area (Å²) in [5, 5.41) is 0. The largest absolute Gasteiger partial charge is 0.497 e. The normalized spacial score (nSPS) is 18.2. The van der Waals surface area contributed by atoms with Crippen LogP contribution in [0.25, 0.3) is 0 Å². The maximum Gasteiger partial charge on any atom is 0.252 e. The predicted molar refractivity (Wildman–Crippen MR) is 75.6 cm³/mol. The number of hydrogen-bond acceptors (Lipinski definition) is 3. The Morgan fingerprint density at radius 1 is 1.35 bits per heavy atom. The molecule has 2 heterocycles. The summed E-state index contributed by atoms with van der Waals surface area (Å²) >= 11 is 0. The fourth-order valence-corrected chi connectivity index (χ4v) is 2.74. The molecule has 2 aliphatic rings. The van der Waals surface area contributed by atoms with Crippen LogP contribution in [0, 0.1) is 0 Å². The molecule has 106 valence electrons. The van der Waals surface area contributed by atoms with Crippen LogP contribution < -0.4 is 4.74 Å². The number of hydrogen-bond donors (Lipinski definition) is 0. The Hall–Kier alpha value is -1.81. The summed E-state index contributed by atoms with van der Waals surface area (Å²) in [6.07, 6.45) is 3.74. The van der Waals surface area contributed by atoms with Crippen LogP contribution in [0.3, 0.4) is 0 Å². The van der Waals surface area contributed by atoms with Gasteiger partial charge in [0.2, 0.25) is 0 Å². The molecule has 20 heavy (non-hydrogen) atoms. The van der Waals surface area contributed by atoms with Crippen LogP contribution in [0.2, 0.25) is 0 Å². The highest BCUT2D eigenvalue weighted by molar-refractivity contribution is 5.94. The summed E-state index contributed by atoms with van der Waals surface area (Å²) in [6, 6.07) is 6.10. The third kappa shape index (κ3) is 2.56. The van der Waals surface area contributed by atoms with Gasteiger partial charge in [-0.3, -0.25) is 4.79 Å². The van der Waals surface area contributed by atoms with Crippen LogP contribution in [0.1, 0.15) is 17.5 Å². The van der Waals surface area contributed by atoms with E-state index in [1.54, 1.807) is 7.11 Å². The first-order valence-corrected chi connectivity index (χ1v) is 7.00. The molecule has 0 spiro atoms. The molecule has 0 fully saturated rings. The molecule has 4 nitrogen and oxygen atoms in total. The molecule has 1 amide bonds. The molecular weight excluding hydrogens is 254 g/mol. The average molecular weight is 273 g/mol. The Kier molecular flexibility index (Phi) is 3.74. The Morgan fingerprint density at radius 3 is 3.00 bits per heavy atom. The van der Waals surface area contributed by atoms with Gasteiger partial charge in [0.1, 0.15) is 5.75 Å². The van der Waals surface area contributed by atoms with E-state index in [-0.39, 0.29) is 5.91 Å². The number of methoxy groups -OCH3 is 1. The molecule has 0 N–H and O–H groups in total. The highest BCUT2D eigenvalue weighted by Gasteiger charge is 2.24. The zero-order valence-corrected chi connectivity index (χ0v) is 11.7. The first kappa shape index (κ1) is 13.2. The number of benzene rings is 1. The van der Waals surface area contributed by atoms with E-state index in [9.17, 15) is 4.79 Å². The van der Waals surface area contributed by atoms with E-state index < -0.39 is 0 Å². The van der Waals surface area contributed by atoms with E-state index in [1.165, 1.54) is 11.1 Å². The Labute approximate surface area is 119 Å². The summed E-state index contributed by atoms with van der Waals surface area (Å²) in [4.78, 5) is 14.4. The minimum Gasteiger partial charge on any atom is -0.497 e. The number of amides is 1. The summed E-state index contributed by atoms with van der Waals surface area (Å²) in [6.45, 7) is 2.59. The van der Waals surface area contributed by atoms with Crippen LogP contribution in [0.15, 0.2) is 29.8 Å². The molecule has 0 atom stereocenters. The first-order chi connectivity index (χ1) is 9.78. The van der Waals surface area contributed by atoms with Crippen LogP contribution in [-0.4, -0.2) is 37.7 Å². The highest BCUT2D eigenvalue weighted by Crippen LogP contribution is 2.25. The van der Waals surface area contributed by atoms with Gasteiger partial charge in [-0.05, 0) is 36.1 Å². The van der Waals surface area contributed by atoms with Gasteiger partial charge in [0.25, 0.3) is 5.91 Å². The van der Waals surface area contributed by atoms with Crippen molar-refractivity contribution in [3.05, 3.63) is 41.0 Å². The molecule has 4 heteroatoms. The number of carbonyl (C=O) groups excluding carboxylic acids is 1. The summed E-state index contributed by atoms with van der Waals surface area (Å²) in [5.74, 6) is 0.955. The van der Waals surface area contributed by atoms with Gasteiger partial charge in [0, 0.05) is 18.7 Å². The van der Waals surface area contributed by atoms with Crippen molar-refractivity contribution in [2.45, 2.75) is 19.4 Å². The van der Waals surface area contributed by atoms with Crippen molar-refractivity contribution in [2.24, 2.45) is 0 Å². The van der Waals surface area contributed by atoms with Crippen molar-refractivity contribution in [1.82, 2.24) is 4.90 Å². The first-order valence-electron chi connectivity index (χ1n) is 7.00. The van der Waals surface area contributed by atoms with E-state index in [0.717, 1.165) is 37.3 Å². The Balaban J connectivity index is 1.77. The van der Waals surface area contributed by atoms with Gasteiger partial charge in [0.15, 0.2) is 0 Å². The average Bonchev–Trinajstić information content (AvgIpc) is 2.54. The molecule has 0 saturated carbocycles. The third-order valence-electron chi connectivity index (χ3n) is 3.90. The topological polar surface area (TPSA) is 38.8 Å². The maximum absolute atomic E-state index is 12.5. The lowest BCUT2D eigenvalue weighted by molar-refractivity contribution is -0.128. The lowest BCUT2D eigenvalue weighted by Crippen LogP contribution is -2.38. The number of ether oxygens (including phenoxy) is 2. The van der Waals surface area contributed by atoms with E-state index in [0.29, 0.717) is 13.2 Å². The SMILES string of the molecule is COc1ccc2c(c1)CN(C(=O)C1=CCCOC1)CC2. The fraction of sp³-hybridized carbons (Fsp3) is 0.438. The molecule has 2 aliphatic heterocycles. The fourth-order valence-electron chi connectivity index (χ4n) is 2.74. The van der Waals surface area contributed by atoms with Gasteiger partial charge >= 0.3 is 0 Å². The minimum atomic E-state index is 0.109. The standard InChI is InChI=1S/C16H19NO3/c1-19-15-5-4-12-6-7-17(10-14(12)9-15)16(18)13-3-2-8-20-11-13/h3-5,9H,2,6-8,10-11H2,1H3. The minimum absolute atomic E-state index is 0.109. The van der Waals surface area contributed by atoms with Crippen molar-refractivity contribution >= 4 is 5.91 Å². The molecule has 0 unspecified atom stereocenters. The van der Waals surface area contributed by atoms with Crippen molar-refractivity contribution in [3.63, 3.8) is 0 Å². The molecule has 0 aliphatic carbocycles. The van der Waals surface area contributed by atoms with Gasteiger partial charge in [-0.25, -0.2) is 0 Å². The predicted octanol–water partition coefficient (Wildman–Crippen LogP) is 1.93. The van der Waals surface area contributed by atoms with Gasteiger partial charge < -0.3 is 14.4 Å². The van der Waals surface area contributed by atoms with Crippen LogP contribution >= 0.6 is 0 Å². The van der Waals surface area contributed by atoms with E-state index in [1.807, 2.05) is 23.1 Å². The zero-order valence-electron chi connectivity index (χ0n) is 11.7. The summed E-state index contributed by atoms with van der Waals surface area (Å²) in [5.41, 5.74) is 3.28. The molecule has 0 saturated heterocycles. The van der Waals surface area contributed by atoms with Gasteiger partial charge in [-0.1, -0.05) is 12.1 Å². The molecule has 0 aromatic heterocycles. The Morgan fingerprint density at radius 2 is 2.25 bits per heavy atom. The second-order valence-electron chi connectivity index (χ2n) is 5.18. The second kappa shape index (κ2) is 5.67. The number of nitrogens with zero attached hydrogens (tertiary/aromatic N) is 1. The smallest absolute Gasteiger partial charge is 0.252 e. The lowest BCUT2D eigenvalue weighted by Gasteiger charge is -2.30. The number of rotatable bonds is 2. The van der Waals surface area contributed by atoms with Gasteiger partial charge in [-0.2, -0.15) is 0 Å². The summed E-state index contributed by atoms with van der Waals surface area (Å²) < 4.78 is 10.6. The van der Waals surface area contributed by atoms with Crippen molar-refractivity contribution < 1.29 is 14.3 Å². The van der Waals surface area contributed by atoms with E-state index in [2.05, 4.69) is 6.07 Å². The quantitative estimate of drug-likeness (QED) is 0.826.